The first-order chi connectivity index (χ1) is 8.91. The number of hydrogen-bond acceptors (Lipinski definition) is 4. The predicted octanol–water partition coefficient (Wildman–Crippen LogP) is 0.0151. The van der Waals surface area contributed by atoms with Crippen molar-refractivity contribution in [2.24, 2.45) is 11.7 Å². The Kier molecular flexibility index (Phi) is 5.95. The van der Waals surface area contributed by atoms with E-state index >= 15 is 0 Å². The molecule has 1 fully saturated rings. The molecule has 0 bridgehead atoms. The number of nitrogens with one attached hydrogen (secondary N) is 1. The molecule has 19 heavy (non-hydrogen) atoms. The first-order valence-corrected chi connectivity index (χ1v) is 6.78. The van der Waals surface area contributed by atoms with Gasteiger partial charge in [-0.1, -0.05) is 13.8 Å². The molecule has 108 valence electrons. The Morgan fingerprint density at radius 3 is 2.42 bits per heavy atom. The minimum absolute atomic E-state index is 0.118. The highest BCUT2D eigenvalue weighted by molar-refractivity contribution is 6.01. The van der Waals surface area contributed by atoms with Crippen molar-refractivity contribution in [1.29, 1.82) is 0 Å². The minimum Gasteiger partial charge on any atom is -0.355 e. The third kappa shape index (κ3) is 4.98. The highest BCUT2D eigenvalue weighted by Gasteiger charge is 2.27. The zero-order chi connectivity index (χ0) is 14.4. The van der Waals surface area contributed by atoms with Crippen LogP contribution < -0.4 is 11.1 Å². The van der Waals surface area contributed by atoms with Gasteiger partial charge in [-0.05, 0) is 18.8 Å². The summed E-state index contributed by atoms with van der Waals surface area (Å²) in [6.45, 7) is 4.83. The molecule has 0 saturated carbocycles. The zero-order valence-electron chi connectivity index (χ0n) is 11.6. The molecule has 1 heterocycles. The van der Waals surface area contributed by atoms with Crippen molar-refractivity contribution >= 4 is 17.7 Å². The van der Waals surface area contributed by atoms with Crippen LogP contribution in [0.5, 0.6) is 0 Å². The molecule has 6 heteroatoms. The van der Waals surface area contributed by atoms with Crippen molar-refractivity contribution in [2.45, 2.75) is 45.6 Å². The second-order valence-electron chi connectivity index (χ2n) is 5.32. The van der Waals surface area contributed by atoms with Gasteiger partial charge >= 0.3 is 0 Å². The highest BCUT2D eigenvalue weighted by atomic mass is 16.2. The van der Waals surface area contributed by atoms with Crippen molar-refractivity contribution in [3.8, 4) is 0 Å². The van der Waals surface area contributed by atoms with Gasteiger partial charge in [0, 0.05) is 25.9 Å². The van der Waals surface area contributed by atoms with Gasteiger partial charge in [0.2, 0.25) is 17.7 Å². The number of rotatable bonds is 7. The maximum absolute atomic E-state index is 11.6. The van der Waals surface area contributed by atoms with Crippen molar-refractivity contribution in [3.63, 3.8) is 0 Å². The van der Waals surface area contributed by atoms with Crippen LogP contribution in [0.2, 0.25) is 0 Å². The van der Waals surface area contributed by atoms with Gasteiger partial charge in [0.25, 0.3) is 0 Å². The van der Waals surface area contributed by atoms with Gasteiger partial charge in [0.1, 0.15) is 0 Å². The molecule has 1 saturated heterocycles. The number of nitrogens with two attached hydrogens (primary N) is 1. The Hall–Kier alpha value is -1.43. The molecule has 1 aliphatic rings. The summed E-state index contributed by atoms with van der Waals surface area (Å²) >= 11 is 0. The summed E-state index contributed by atoms with van der Waals surface area (Å²) in [7, 11) is 0. The second kappa shape index (κ2) is 7.23. The molecule has 3 N–H and O–H groups in total. The largest absolute Gasteiger partial charge is 0.355 e. The third-order valence-electron chi connectivity index (χ3n) is 3.07. The lowest BCUT2D eigenvalue weighted by Crippen LogP contribution is -2.42. The van der Waals surface area contributed by atoms with Gasteiger partial charge in [-0.15, -0.1) is 0 Å². The molecule has 0 radical (unpaired) electrons. The van der Waals surface area contributed by atoms with E-state index in [0.29, 0.717) is 44.7 Å². The van der Waals surface area contributed by atoms with Crippen LogP contribution in [0.15, 0.2) is 0 Å². The molecular formula is C13H23N3O3. The average molecular weight is 269 g/mol. The van der Waals surface area contributed by atoms with Crippen LogP contribution in [0.4, 0.5) is 0 Å². The monoisotopic (exact) mass is 269 g/mol. The van der Waals surface area contributed by atoms with Gasteiger partial charge < -0.3 is 11.1 Å². The van der Waals surface area contributed by atoms with E-state index in [9.17, 15) is 14.4 Å². The molecular weight excluding hydrogens is 246 g/mol. The molecule has 6 nitrogen and oxygen atoms in total. The Balaban J connectivity index is 2.18. The lowest BCUT2D eigenvalue weighted by atomic mass is 10.0. The fourth-order valence-corrected chi connectivity index (χ4v) is 2.07. The summed E-state index contributed by atoms with van der Waals surface area (Å²) in [6.07, 6.45) is 1.83. The van der Waals surface area contributed by atoms with E-state index in [0.717, 1.165) is 0 Å². The lowest BCUT2D eigenvalue weighted by Gasteiger charge is -2.16. The molecule has 0 aliphatic carbocycles. The first kappa shape index (κ1) is 15.6. The molecule has 1 atom stereocenters. The molecule has 0 aromatic carbocycles. The summed E-state index contributed by atoms with van der Waals surface area (Å²) in [4.78, 5) is 35.6. The van der Waals surface area contributed by atoms with E-state index in [1.807, 2.05) is 13.8 Å². The average Bonchev–Trinajstić information content (AvgIpc) is 2.64. The van der Waals surface area contributed by atoms with E-state index in [2.05, 4.69) is 5.32 Å². The lowest BCUT2D eigenvalue weighted by molar-refractivity contribution is -0.138. The number of carbonyl (C=O) groups is 3. The van der Waals surface area contributed by atoms with Gasteiger partial charge in [-0.3, -0.25) is 19.3 Å². The normalized spacial score (nSPS) is 17.2. The third-order valence-corrected chi connectivity index (χ3v) is 3.07. The van der Waals surface area contributed by atoms with Crippen molar-refractivity contribution < 1.29 is 14.4 Å². The fourth-order valence-electron chi connectivity index (χ4n) is 2.07. The molecule has 3 amide bonds. The number of hydrogen-bond donors (Lipinski definition) is 2. The standard InChI is InChI=1S/C13H23N3O3/c1-9(2)8-10(14)13(19)15-6-3-7-16-11(17)4-5-12(16)18/h9-10H,3-8,14H2,1-2H3,(H,15,19)/t10-/m0/s1. The van der Waals surface area contributed by atoms with E-state index in [-0.39, 0.29) is 17.7 Å². The highest BCUT2D eigenvalue weighted by Crippen LogP contribution is 2.11. The van der Waals surface area contributed by atoms with Crippen molar-refractivity contribution in [3.05, 3.63) is 0 Å². The first-order valence-electron chi connectivity index (χ1n) is 6.78. The maximum atomic E-state index is 11.6. The van der Waals surface area contributed by atoms with Crippen LogP contribution in [-0.4, -0.2) is 41.8 Å². The van der Waals surface area contributed by atoms with Crippen LogP contribution in [0.25, 0.3) is 0 Å². The summed E-state index contributed by atoms with van der Waals surface area (Å²) in [5.74, 6) is -0.0333. The Labute approximate surface area is 113 Å². The van der Waals surface area contributed by atoms with Gasteiger partial charge in [0.05, 0.1) is 6.04 Å². The van der Waals surface area contributed by atoms with E-state index < -0.39 is 6.04 Å². The Bertz CT molecular complexity index is 339. The van der Waals surface area contributed by atoms with E-state index in [1.54, 1.807) is 0 Å². The number of likely N-dealkylation sites (tertiary alicyclic amines) is 1. The van der Waals surface area contributed by atoms with Gasteiger partial charge in [0.15, 0.2) is 0 Å². The van der Waals surface area contributed by atoms with E-state index in [1.165, 1.54) is 4.90 Å². The number of carbonyl (C=O) groups excluding carboxylic acids is 3. The van der Waals surface area contributed by atoms with Gasteiger partial charge in [-0.25, -0.2) is 0 Å². The summed E-state index contributed by atoms with van der Waals surface area (Å²) < 4.78 is 0. The number of amides is 3. The van der Waals surface area contributed by atoms with Crippen LogP contribution >= 0.6 is 0 Å². The van der Waals surface area contributed by atoms with Gasteiger partial charge in [-0.2, -0.15) is 0 Å². The zero-order valence-corrected chi connectivity index (χ0v) is 11.6. The minimum atomic E-state index is -0.491. The van der Waals surface area contributed by atoms with E-state index in [4.69, 9.17) is 5.73 Å². The van der Waals surface area contributed by atoms with Crippen LogP contribution in [-0.2, 0) is 14.4 Å². The quantitative estimate of drug-likeness (QED) is 0.503. The summed E-state index contributed by atoms with van der Waals surface area (Å²) in [5, 5.41) is 2.73. The molecule has 0 unspecified atom stereocenters. The predicted molar refractivity (Wildman–Crippen MR) is 71.0 cm³/mol. The second-order valence-corrected chi connectivity index (χ2v) is 5.32. The summed E-state index contributed by atoms with van der Waals surface area (Å²) in [5.41, 5.74) is 5.74. The van der Waals surface area contributed by atoms with Crippen molar-refractivity contribution in [2.75, 3.05) is 13.1 Å². The topological polar surface area (TPSA) is 92.5 Å². The maximum Gasteiger partial charge on any atom is 0.236 e. The molecule has 1 rings (SSSR count). The number of imide groups is 1. The van der Waals surface area contributed by atoms with Crippen LogP contribution in [0.1, 0.15) is 39.5 Å². The molecule has 0 aromatic heterocycles. The fraction of sp³-hybridized carbons (Fsp3) is 0.769. The smallest absolute Gasteiger partial charge is 0.236 e. The van der Waals surface area contributed by atoms with Crippen LogP contribution in [0.3, 0.4) is 0 Å². The SMILES string of the molecule is CC(C)C[C@H](N)C(=O)NCCCN1C(=O)CCC1=O. The molecule has 1 aliphatic heterocycles. The Morgan fingerprint density at radius 2 is 1.89 bits per heavy atom. The van der Waals surface area contributed by atoms with Crippen molar-refractivity contribution in [1.82, 2.24) is 10.2 Å². The Morgan fingerprint density at radius 1 is 1.32 bits per heavy atom. The molecule has 0 aromatic rings. The number of nitrogens with zero attached hydrogens (tertiary/aromatic N) is 1. The molecule has 0 spiro atoms. The summed E-state index contributed by atoms with van der Waals surface area (Å²) in [6, 6.07) is -0.491. The van der Waals surface area contributed by atoms with Crippen LogP contribution in [0, 0.1) is 5.92 Å².